The quantitative estimate of drug-likeness (QED) is 0.246. The number of hydrogen-bond donors (Lipinski definition) is 2. The van der Waals surface area contributed by atoms with E-state index >= 15 is 0 Å². The average Bonchev–Trinajstić information content (AvgIpc) is 3.31. The Morgan fingerprint density at radius 1 is 0.946 bits per heavy atom. The van der Waals surface area contributed by atoms with Crippen molar-refractivity contribution in [3.63, 3.8) is 0 Å². The Kier molecular flexibility index (Phi) is 8.57. The molecule has 0 aliphatic carbocycles. The smallest absolute Gasteiger partial charge is 0.267 e. The Hall–Kier alpha value is -1.31. The van der Waals surface area contributed by atoms with Crippen LogP contribution in [0.4, 0.5) is 5.69 Å². The standard InChI is InChI=1S/C24H25Cl2NO6S4/c1-14(36(28,29)30)3-6-18-19-11-16(25)4-7-21(19)34-23(18)13-24-27(10-9-15(2)37(31,32)33)20-12-17(26)5-8-22(20)35-24/h4-5,7-8,11-15H,3,6,9-10H2,1-2H3,(H,28,29,30)(H,31,32,33). The number of fused-ring (bicyclic) bond motifs is 2. The number of halogens is 2. The summed E-state index contributed by atoms with van der Waals surface area (Å²) in [6.07, 6.45) is 2.84. The lowest BCUT2D eigenvalue weighted by molar-refractivity contribution is 0.464. The van der Waals surface area contributed by atoms with E-state index in [2.05, 4.69) is 0 Å². The number of anilines is 1. The Morgan fingerprint density at radius 3 is 2.24 bits per heavy atom. The van der Waals surface area contributed by atoms with E-state index in [0.717, 1.165) is 36.1 Å². The van der Waals surface area contributed by atoms with Crippen molar-refractivity contribution in [2.45, 2.75) is 48.5 Å². The van der Waals surface area contributed by atoms with E-state index in [1.165, 1.54) is 25.6 Å². The highest BCUT2D eigenvalue weighted by Crippen LogP contribution is 2.49. The van der Waals surface area contributed by atoms with Crippen LogP contribution in [0.15, 0.2) is 46.3 Å². The molecule has 0 fully saturated rings. The first-order valence-electron chi connectivity index (χ1n) is 11.3. The molecule has 200 valence electrons. The van der Waals surface area contributed by atoms with Crippen LogP contribution >= 0.6 is 46.3 Å². The van der Waals surface area contributed by atoms with E-state index < -0.39 is 30.7 Å². The molecule has 0 radical (unpaired) electrons. The van der Waals surface area contributed by atoms with Gasteiger partial charge in [0.1, 0.15) is 0 Å². The molecule has 2 atom stereocenters. The van der Waals surface area contributed by atoms with Crippen LogP contribution in [0.5, 0.6) is 0 Å². The third-order valence-electron chi connectivity index (χ3n) is 6.31. The van der Waals surface area contributed by atoms with Crippen molar-refractivity contribution in [2.24, 2.45) is 0 Å². The van der Waals surface area contributed by atoms with Gasteiger partial charge in [0, 0.05) is 31.1 Å². The van der Waals surface area contributed by atoms with Crippen LogP contribution in [-0.2, 0) is 26.7 Å². The molecule has 0 saturated heterocycles. The fraction of sp³-hybridized carbons (Fsp3) is 0.333. The number of thiophene rings is 1. The zero-order valence-corrected chi connectivity index (χ0v) is 24.7. The maximum absolute atomic E-state index is 11.6. The molecule has 1 aromatic heterocycles. The number of hydrogen-bond acceptors (Lipinski definition) is 7. The largest absolute Gasteiger partial charge is 0.335 e. The SMILES string of the molecule is CC(CCc1c(C=C2Sc3ccc(Cl)cc3N2CCC(C)S(=O)(=O)O)sc2ccc(Cl)cc12)S(=O)(=O)O. The molecule has 0 bridgehead atoms. The first-order chi connectivity index (χ1) is 17.2. The molecule has 13 heteroatoms. The summed E-state index contributed by atoms with van der Waals surface area (Å²) < 4.78 is 66.3. The summed E-state index contributed by atoms with van der Waals surface area (Å²) in [6.45, 7) is 3.27. The second kappa shape index (κ2) is 11.1. The monoisotopic (exact) mass is 621 g/mol. The highest BCUT2D eigenvalue weighted by atomic mass is 35.5. The van der Waals surface area contributed by atoms with Gasteiger partial charge < -0.3 is 4.90 Å². The van der Waals surface area contributed by atoms with Gasteiger partial charge in [-0.2, -0.15) is 16.8 Å². The maximum Gasteiger partial charge on any atom is 0.267 e. The zero-order valence-electron chi connectivity index (χ0n) is 19.9. The second-order valence-corrected chi connectivity index (χ2v) is 15.6. The van der Waals surface area contributed by atoms with Crippen LogP contribution < -0.4 is 4.90 Å². The molecule has 0 spiro atoms. The zero-order chi connectivity index (χ0) is 27.1. The molecule has 0 saturated carbocycles. The van der Waals surface area contributed by atoms with E-state index in [1.807, 2.05) is 35.2 Å². The molecule has 1 aliphatic heterocycles. The Balaban J connectivity index is 1.76. The summed E-state index contributed by atoms with van der Waals surface area (Å²) in [5.41, 5.74) is 1.77. The lowest BCUT2D eigenvalue weighted by atomic mass is 10.0. The molecular weight excluding hydrogens is 597 g/mol. The minimum atomic E-state index is -4.17. The van der Waals surface area contributed by atoms with Crippen LogP contribution in [-0.4, -0.2) is 43.0 Å². The summed E-state index contributed by atoms with van der Waals surface area (Å²) in [5.74, 6) is 0. The molecule has 3 aromatic rings. The van der Waals surface area contributed by atoms with Crippen LogP contribution in [0.1, 0.15) is 37.1 Å². The maximum atomic E-state index is 11.6. The number of nitrogens with zero attached hydrogens (tertiary/aromatic N) is 1. The van der Waals surface area contributed by atoms with Crippen LogP contribution in [0, 0.1) is 0 Å². The van der Waals surface area contributed by atoms with Crippen LogP contribution in [0.3, 0.4) is 0 Å². The van der Waals surface area contributed by atoms with E-state index in [0.29, 0.717) is 23.0 Å². The van der Waals surface area contributed by atoms with Gasteiger partial charge in [0.15, 0.2) is 0 Å². The number of aryl methyl sites for hydroxylation is 1. The minimum absolute atomic E-state index is 0.198. The lowest BCUT2D eigenvalue weighted by Gasteiger charge is -2.22. The van der Waals surface area contributed by atoms with E-state index in [1.54, 1.807) is 23.5 Å². The highest BCUT2D eigenvalue weighted by Gasteiger charge is 2.28. The summed E-state index contributed by atoms with van der Waals surface area (Å²) in [7, 11) is -8.33. The molecule has 7 nitrogen and oxygen atoms in total. The molecule has 2 unspecified atom stereocenters. The summed E-state index contributed by atoms with van der Waals surface area (Å²) in [4.78, 5) is 3.85. The van der Waals surface area contributed by atoms with Gasteiger partial charge in [0.05, 0.1) is 21.2 Å². The van der Waals surface area contributed by atoms with Crippen molar-refractivity contribution in [1.82, 2.24) is 0 Å². The molecule has 37 heavy (non-hydrogen) atoms. The van der Waals surface area contributed by atoms with E-state index in [9.17, 15) is 25.9 Å². The third-order valence-corrected chi connectivity index (χ3v) is 11.6. The first kappa shape index (κ1) is 28.7. The third kappa shape index (κ3) is 6.65. The van der Waals surface area contributed by atoms with Crippen molar-refractivity contribution >= 4 is 88.4 Å². The van der Waals surface area contributed by atoms with Crippen molar-refractivity contribution in [1.29, 1.82) is 0 Å². The molecule has 4 rings (SSSR count). The molecule has 2 aromatic carbocycles. The second-order valence-electron chi connectivity index (χ2n) is 8.91. The topological polar surface area (TPSA) is 112 Å². The molecule has 0 amide bonds. The van der Waals surface area contributed by atoms with E-state index in [-0.39, 0.29) is 12.8 Å². The van der Waals surface area contributed by atoms with Gasteiger partial charge in [-0.1, -0.05) is 35.0 Å². The predicted molar refractivity (Wildman–Crippen MR) is 154 cm³/mol. The normalized spacial score (nSPS) is 16.9. The lowest BCUT2D eigenvalue weighted by Crippen LogP contribution is -2.26. The van der Waals surface area contributed by atoms with Gasteiger partial charge in [-0.3, -0.25) is 9.11 Å². The Bertz CT molecular complexity index is 1580. The Morgan fingerprint density at radius 2 is 1.57 bits per heavy atom. The molecule has 2 heterocycles. The highest BCUT2D eigenvalue weighted by molar-refractivity contribution is 8.04. The number of thioether (sulfide) groups is 1. The number of rotatable bonds is 9. The van der Waals surface area contributed by atoms with Crippen molar-refractivity contribution in [3.05, 3.63) is 61.9 Å². The summed E-state index contributed by atoms with van der Waals surface area (Å²) >= 11 is 15.6. The fourth-order valence-corrected chi connectivity index (χ4v) is 7.51. The van der Waals surface area contributed by atoms with Gasteiger partial charge in [0.2, 0.25) is 0 Å². The average molecular weight is 623 g/mol. The van der Waals surface area contributed by atoms with Crippen LogP contribution in [0.2, 0.25) is 10.0 Å². The predicted octanol–water partition coefficient (Wildman–Crippen LogP) is 6.99. The minimum Gasteiger partial charge on any atom is -0.335 e. The number of benzene rings is 2. The molecule has 1 aliphatic rings. The van der Waals surface area contributed by atoms with Crippen molar-refractivity contribution < 1.29 is 25.9 Å². The van der Waals surface area contributed by atoms with Gasteiger partial charge in [-0.25, -0.2) is 0 Å². The Labute approximate surface area is 235 Å². The fourth-order valence-electron chi connectivity index (χ4n) is 4.00. The first-order valence-corrected chi connectivity index (χ1v) is 16.7. The van der Waals surface area contributed by atoms with E-state index in [4.69, 9.17) is 23.2 Å². The summed E-state index contributed by atoms with van der Waals surface area (Å²) in [5, 5.41) is 1.01. The van der Waals surface area contributed by atoms with Gasteiger partial charge in [0.25, 0.3) is 20.2 Å². The van der Waals surface area contributed by atoms with Crippen molar-refractivity contribution in [3.8, 4) is 0 Å². The van der Waals surface area contributed by atoms with Gasteiger partial charge in [-0.05, 0) is 86.5 Å². The van der Waals surface area contributed by atoms with Gasteiger partial charge in [-0.15, -0.1) is 11.3 Å². The van der Waals surface area contributed by atoms with Crippen LogP contribution in [0.25, 0.3) is 16.2 Å². The molecular formula is C24H25Cl2NO6S4. The van der Waals surface area contributed by atoms with Crippen molar-refractivity contribution in [2.75, 3.05) is 11.4 Å². The van der Waals surface area contributed by atoms with Gasteiger partial charge >= 0.3 is 0 Å². The summed E-state index contributed by atoms with van der Waals surface area (Å²) in [6, 6.07) is 11.1. The molecule has 2 N–H and O–H groups in total.